The van der Waals surface area contributed by atoms with Gasteiger partial charge in [-0.3, -0.25) is 4.79 Å². The van der Waals surface area contributed by atoms with Gasteiger partial charge in [0.25, 0.3) is 0 Å². The number of carbonyl (C=O) groups is 1. The predicted octanol–water partition coefficient (Wildman–Crippen LogP) is -1.80. The Bertz CT molecular complexity index is 235. The van der Waals surface area contributed by atoms with Crippen LogP contribution in [0.3, 0.4) is 0 Å². The van der Waals surface area contributed by atoms with Gasteiger partial charge in [0.05, 0.1) is 18.8 Å². The second kappa shape index (κ2) is 4.89. The van der Waals surface area contributed by atoms with E-state index in [1.807, 2.05) is 0 Å². The molecule has 6 nitrogen and oxygen atoms in total. The maximum atomic E-state index is 10.8. The molecule has 1 amide bonds. The lowest BCUT2D eigenvalue weighted by atomic mass is 9.89. The van der Waals surface area contributed by atoms with E-state index < -0.39 is 24.5 Å². The van der Waals surface area contributed by atoms with Crippen LogP contribution in [0.15, 0.2) is 0 Å². The molecule has 0 bridgehead atoms. The summed E-state index contributed by atoms with van der Waals surface area (Å²) in [6, 6.07) is -0.847. The molecule has 0 aliphatic carbocycles. The molecule has 88 valence electrons. The van der Waals surface area contributed by atoms with Crippen molar-refractivity contribution in [3.63, 3.8) is 0 Å². The molecule has 5 atom stereocenters. The third-order valence-corrected chi connectivity index (χ3v) is 2.66. The zero-order valence-corrected chi connectivity index (χ0v) is 8.75. The SMILES string of the molecule is CC(=O)N[C@@H]1C(O)O[C@H](CO)[C@@H](C)[C@@H]1O. The van der Waals surface area contributed by atoms with Crippen molar-refractivity contribution >= 4 is 5.91 Å². The van der Waals surface area contributed by atoms with Crippen LogP contribution in [0.2, 0.25) is 0 Å². The molecule has 1 aliphatic heterocycles. The quantitative estimate of drug-likeness (QED) is 0.439. The molecule has 0 spiro atoms. The number of ether oxygens (including phenoxy) is 1. The van der Waals surface area contributed by atoms with Crippen LogP contribution < -0.4 is 5.32 Å². The molecule has 0 aromatic rings. The van der Waals surface area contributed by atoms with Crippen LogP contribution >= 0.6 is 0 Å². The number of nitrogens with one attached hydrogen (secondary N) is 1. The highest BCUT2D eigenvalue weighted by Gasteiger charge is 2.42. The average molecular weight is 219 g/mol. The van der Waals surface area contributed by atoms with Crippen LogP contribution in [-0.4, -0.2) is 52.4 Å². The number of rotatable bonds is 2. The van der Waals surface area contributed by atoms with E-state index in [4.69, 9.17) is 9.84 Å². The van der Waals surface area contributed by atoms with E-state index in [-0.39, 0.29) is 18.4 Å². The summed E-state index contributed by atoms with van der Waals surface area (Å²) in [6.07, 6.45) is -2.84. The predicted molar refractivity (Wildman–Crippen MR) is 50.7 cm³/mol. The van der Waals surface area contributed by atoms with Crippen LogP contribution in [0.5, 0.6) is 0 Å². The van der Waals surface area contributed by atoms with Crippen LogP contribution in [0.4, 0.5) is 0 Å². The molecule has 0 radical (unpaired) electrons. The molecule has 15 heavy (non-hydrogen) atoms. The van der Waals surface area contributed by atoms with Crippen molar-refractivity contribution in [1.29, 1.82) is 0 Å². The summed E-state index contributed by atoms with van der Waals surface area (Å²) in [5, 5.41) is 30.6. The Hall–Kier alpha value is -0.690. The highest BCUT2D eigenvalue weighted by atomic mass is 16.6. The van der Waals surface area contributed by atoms with Crippen molar-refractivity contribution in [2.24, 2.45) is 5.92 Å². The van der Waals surface area contributed by atoms with Gasteiger partial charge in [-0.1, -0.05) is 6.92 Å². The minimum absolute atomic E-state index is 0.276. The van der Waals surface area contributed by atoms with Crippen LogP contribution in [0, 0.1) is 5.92 Å². The van der Waals surface area contributed by atoms with E-state index in [1.54, 1.807) is 6.92 Å². The van der Waals surface area contributed by atoms with E-state index in [1.165, 1.54) is 6.92 Å². The molecule has 0 aromatic carbocycles. The minimum atomic E-state index is -1.29. The minimum Gasteiger partial charge on any atom is -0.394 e. The lowest BCUT2D eigenvalue weighted by Gasteiger charge is -2.41. The van der Waals surface area contributed by atoms with Crippen molar-refractivity contribution in [3.05, 3.63) is 0 Å². The summed E-state index contributed by atoms with van der Waals surface area (Å²) < 4.78 is 5.06. The molecule has 0 aromatic heterocycles. The van der Waals surface area contributed by atoms with Gasteiger partial charge in [-0.25, -0.2) is 0 Å². The summed E-state index contributed by atoms with van der Waals surface area (Å²) in [7, 11) is 0. The number of carbonyl (C=O) groups excluding carboxylic acids is 1. The lowest BCUT2D eigenvalue weighted by molar-refractivity contribution is -0.235. The molecule has 6 heteroatoms. The van der Waals surface area contributed by atoms with E-state index in [0.29, 0.717) is 0 Å². The zero-order chi connectivity index (χ0) is 11.6. The smallest absolute Gasteiger partial charge is 0.217 e. The van der Waals surface area contributed by atoms with Gasteiger partial charge in [-0.05, 0) is 0 Å². The molecule has 1 fully saturated rings. The Kier molecular flexibility index (Phi) is 4.04. The van der Waals surface area contributed by atoms with Gasteiger partial charge in [-0.2, -0.15) is 0 Å². The number of hydrogen-bond acceptors (Lipinski definition) is 5. The largest absolute Gasteiger partial charge is 0.394 e. The Labute approximate surface area is 87.9 Å². The first-order chi connectivity index (χ1) is 6.97. The maximum absolute atomic E-state index is 10.8. The van der Waals surface area contributed by atoms with Crippen molar-refractivity contribution in [2.75, 3.05) is 6.61 Å². The number of amides is 1. The van der Waals surface area contributed by atoms with E-state index >= 15 is 0 Å². The molecule has 1 unspecified atom stereocenters. The Morgan fingerprint density at radius 1 is 1.47 bits per heavy atom. The normalized spacial score (nSPS) is 41.3. The highest BCUT2D eigenvalue weighted by molar-refractivity contribution is 5.73. The molecule has 1 rings (SSSR count). The molecular formula is C9H17NO5. The first-order valence-electron chi connectivity index (χ1n) is 4.87. The monoisotopic (exact) mass is 219 g/mol. The average Bonchev–Trinajstić information content (AvgIpc) is 2.18. The molecule has 1 heterocycles. The first kappa shape index (κ1) is 12.4. The number of hydrogen-bond donors (Lipinski definition) is 4. The third kappa shape index (κ3) is 2.66. The van der Waals surface area contributed by atoms with Crippen molar-refractivity contribution in [3.8, 4) is 0 Å². The topological polar surface area (TPSA) is 99.0 Å². The lowest BCUT2D eigenvalue weighted by Crippen LogP contribution is -2.60. The van der Waals surface area contributed by atoms with Gasteiger partial charge >= 0.3 is 0 Å². The fourth-order valence-corrected chi connectivity index (χ4v) is 1.70. The summed E-state index contributed by atoms with van der Waals surface area (Å²) in [4.78, 5) is 10.8. The Morgan fingerprint density at radius 2 is 2.07 bits per heavy atom. The second-order valence-corrected chi connectivity index (χ2v) is 3.82. The van der Waals surface area contributed by atoms with Gasteiger partial charge < -0.3 is 25.4 Å². The second-order valence-electron chi connectivity index (χ2n) is 3.82. The van der Waals surface area contributed by atoms with Crippen LogP contribution in [-0.2, 0) is 9.53 Å². The summed E-state index contributed by atoms with van der Waals surface area (Å²) in [5.41, 5.74) is 0. The van der Waals surface area contributed by atoms with E-state index in [0.717, 1.165) is 0 Å². The van der Waals surface area contributed by atoms with Crippen LogP contribution in [0.1, 0.15) is 13.8 Å². The number of aliphatic hydroxyl groups is 3. The van der Waals surface area contributed by atoms with Gasteiger partial charge in [-0.15, -0.1) is 0 Å². The molecule has 1 aliphatic rings. The van der Waals surface area contributed by atoms with Crippen molar-refractivity contribution < 1.29 is 24.9 Å². The Morgan fingerprint density at radius 3 is 2.53 bits per heavy atom. The standard InChI is InChI=1S/C9H17NO5/c1-4-6(3-11)15-9(14)7(8(4)13)10-5(2)12/h4,6-9,11,13-14H,3H2,1-2H3,(H,10,12)/t4-,6-,7+,8+,9?/m1/s1. The maximum Gasteiger partial charge on any atom is 0.217 e. The van der Waals surface area contributed by atoms with Gasteiger partial charge in [0.1, 0.15) is 6.04 Å². The molecule has 0 saturated carbocycles. The molecule has 4 N–H and O–H groups in total. The fourth-order valence-electron chi connectivity index (χ4n) is 1.70. The zero-order valence-electron chi connectivity index (χ0n) is 8.75. The number of aliphatic hydroxyl groups excluding tert-OH is 3. The van der Waals surface area contributed by atoms with Crippen molar-refractivity contribution in [2.45, 2.75) is 38.4 Å². The summed E-state index contributed by atoms with van der Waals surface area (Å²) >= 11 is 0. The summed E-state index contributed by atoms with van der Waals surface area (Å²) in [6.45, 7) is 2.70. The highest BCUT2D eigenvalue weighted by Crippen LogP contribution is 2.24. The van der Waals surface area contributed by atoms with E-state index in [2.05, 4.69) is 5.32 Å². The third-order valence-electron chi connectivity index (χ3n) is 2.66. The van der Waals surface area contributed by atoms with Gasteiger partial charge in [0.15, 0.2) is 6.29 Å². The van der Waals surface area contributed by atoms with Gasteiger partial charge in [0, 0.05) is 12.8 Å². The molecular weight excluding hydrogens is 202 g/mol. The van der Waals surface area contributed by atoms with E-state index in [9.17, 15) is 15.0 Å². The fraction of sp³-hybridized carbons (Fsp3) is 0.889. The summed E-state index contributed by atoms with van der Waals surface area (Å²) in [5.74, 6) is -0.702. The van der Waals surface area contributed by atoms with Gasteiger partial charge in [0.2, 0.25) is 5.91 Å². The van der Waals surface area contributed by atoms with Crippen LogP contribution in [0.25, 0.3) is 0 Å². The molecule has 1 saturated heterocycles. The van der Waals surface area contributed by atoms with Crippen molar-refractivity contribution in [1.82, 2.24) is 5.32 Å². The first-order valence-corrected chi connectivity index (χ1v) is 4.87. The Balaban J connectivity index is 2.70.